The van der Waals surface area contributed by atoms with Gasteiger partial charge in [0.15, 0.2) is 0 Å². The Kier molecular flexibility index (Phi) is 3.82. The van der Waals surface area contributed by atoms with Crippen molar-refractivity contribution in [3.63, 3.8) is 0 Å². The maximum atomic E-state index is 11.6. The van der Waals surface area contributed by atoms with Crippen LogP contribution in [-0.2, 0) is 17.8 Å². The highest BCUT2D eigenvalue weighted by atomic mass is 32.2. The zero-order chi connectivity index (χ0) is 16.5. The van der Waals surface area contributed by atoms with Gasteiger partial charge in [-0.25, -0.2) is 4.98 Å². The Balaban J connectivity index is 1.75. The van der Waals surface area contributed by atoms with Crippen molar-refractivity contribution in [1.29, 1.82) is 0 Å². The molecule has 0 spiro atoms. The third kappa shape index (κ3) is 2.81. The summed E-state index contributed by atoms with van der Waals surface area (Å²) in [5.74, 6) is 8.81. The summed E-state index contributed by atoms with van der Waals surface area (Å²) in [5, 5.41) is 4.13. The zero-order valence-electron chi connectivity index (χ0n) is 13.3. The maximum absolute atomic E-state index is 11.6. The molecule has 0 aromatic carbocycles. The van der Waals surface area contributed by atoms with E-state index in [1.807, 2.05) is 25.4 Å². The summed E-state index contributed by atoms with van der Waals surface area (Å²) in [6.07, 6.45) is 5.43. The monoisotopic (exact) mass is 339 g/mol. The van der Waals surface area contributed by atoms with Crippen LogP contribution in [0.1, 0.15) is 11.3 Å². The molecule has 4 rings (SSSR count). The third-order valence-electron chi connectivity index (χ3n) is 4.05. The number of pyridine rings is 1. The fourth-order valence-electron chi connectivity index (χ4n) is 2.84. The van der Waals surface area contributed by atoms with Gasteiger partial charge in [0, 0.05) is 48.6 Å². The molecular weight excluding hydrogens is 322 g/mol. The SMILES string of the molecule is Cn1cc(C#Cc2cnc3cccc(N4CCS(=O)CC4)n23)cn1. The molecule has 0 radical (unpaired) electrons. The van der Waals surface area contributed by atoms with Gasteiger partial charge < -0.3 is 4.90 Å². The number of aromatic nitrogens is 4. The topological polar surface area (TPSA) is 55.4 Å². The van der Waals surface area contributed by atoms with Crippen molar-refractivity contribution in [1.82, 2.24) is 19.2 Å². The van der Waals surface area contributed by atoms with Crippen molar-refractivity contribution in [3.05, 3.63) is 48.0 Å². The van der Waals surface area contributed by atoms with Crippen LogP contribution in [-0.4, -0.2) is 48.0 Å². The minimum absolute atomic E-state index is 0.694. The Morgan fingerprint density at radius 1 is 1.17 bits per heavy atom. The van der Waals surface area contributed by atoms with E-state index < -0.39 is 10.8 Å². The largest absolute Gasteiger partial charge is 0.356 e. The Morgan fingerprint density at radius 2 is 2.00 bits per heavy atom. The van der Waals surface area contributed by atoms with Crippen LogP contribution in [0, 0.1) is 11.8 Å². The van der Waals surface area contributed by atoms with Crippen LogP contribution in [0.4, 0.5) is 5.82 Å². The van der Waals surface area contributed by atoms with E-state index in [4.69, 9.17) is 0 Å². The molecular formula is C17H17N5OS. The van der Waals surface area contributed by atoms with Gasteiger partial charge in [0.2, 0.25) is 0 Å². The maximum Gasteiger partial charge on any atom is 0.139 e. The van der Waals surface area contributed by atoms with Gasteiger partial charge in [-0.1, -0.05) is 12.0 Å². The first-order valence-electron chi connectivity index (χ1n) is 7.78. The Hall–Kier alpha value is -2.59. The number of aryl methyl sites for hydroxylation is 1. The van der Waals surface area contributed by atoms with Crippen LogP contribution in [0.5, 0.6) is 0 Å². The summed E-state index contributed by atoms with van der Waals surface area (Å²) in [6, 6.07) is 6.04. The fourth-order valence-corrected chi connectivity index (χ4v) is 3.90. The summed E-state index contributed by atoms with van der Waals surface area (Å²) >= 11 is 0. The number of hydrogen-bond donors (Lipinski definition) is 0. The highest BCUT2D eigenvalue weighted by Gasteiger charge is 2.18. The smallest absolute Gasteiger partial charge is 0.139 e. The molecule has 122 valence electrons. The molecule has 0 amide bonds. The Bertz CT molecular complexity index is 968. The van der Waals surface area contributed by atoms with E-state index >= 15 is 0 Å². The molecule has 0 unspecified atom stereocenters. The number of nitrogens with zero attached hydrogens (tertiary/aromatic N) is 5. The average Bonchev–Trinajstić information content (AvgIpc) is 3.19. The lowest BCUT2D eigenvalue weighted by molar-refractivity contribution is 0.672. The summed E-state index contributed by atoms with van der Waals surface area (Å²) in [5.41, 5.74) is 2.59. The van der Waals surface area contributed by atoms with E-state index in [9.17, 15) is 4.21 Å². The minimum Gasteiger partial charge on any atom is -0.356 e. The highest BCUT2D eigenvalue weighted by Crippen LogP contribution is 2.20. The normalized spacial score (nSPS) is 15.5. The molecule has 0 atom stereocenters. The molecule has 1 aliphatic rings. The van der Waals surface area contributed by atoms with Crippen LogP contribution in [0.2, 0.25) is 0 Å². The molecule has 7 heteroatoms. The first-order chi connectivity index (χ1) is 11.7. The number of anilines is 1. The summed E-state index contributed by atoms with van der Waals surface area (Å²) < 4.78 is 15.4. The van der Waals surface area contributed by atoms with Crippen LogP contribution in [0.15, 0.2) is 36.8 Å². The predicted molar refractivity (Wildman–Crippen MR) is 94.5 cm³/mol. The predicted octanol–water partition coefficient (Wildman–Crippen LogP) is 1.04. The van der Waals surface area contributed by atoms with Crippen molar-refractivity contribution < 1.29 is 4.21 Å². The van der Waals surface area contributed by atoms with E-state index in [0.29, 0.717) is 11.5 Å². The molecule has 1 fully saturated rings. The van der Waals surface area contributed by atoms with Gasteiger partial charge >= 0.3 is 0 Å². The van der Waals surface area contributed by atoms with E-state index in [2.05, 4.69) is 37.3 Å². The average molecular weight is 339 g/mol. The molecule has 0 aliphatic carbocycles. The fraction of sp³-hybridized carbons (Fsp3) is 0.294. The molecule has 6 nitrogen and oxygen atoms in total. The lowest BCUT2D eigenvalue weighted by atomic mass is 10.3. The molecule has 4 heterocycles. The van der Waals surface area contributed by atoms with Gasteiger partial charge in [-0.15, -0.1) is 0 Å². The standard InChI is InChI=1S/C17H17N5OS/c1-20-13-14(11-19-20)5-6-15-12-18-16-3-2-4-17(22(15)16)21-7-9-24(23)10-8-21/h2-4,11-13H,7-10H2,1H3. The number of rotatable bonds is 1. The quantitative estimate of drug-likeness (QED) is 0.622. The Labute approximate surface area is 142 Å². The molecule has 1 aliphatic heterocycles. The molecule has 24 heavy (non-hydrogen) atoms. The van der Waals surface area contributed by atoms with Crippen LogP contribution in [0.25, 0.3) is 5.65 Å². The molecule has 0 bridgehead atoms. The highest BCUT2D eigenvalue weighted by molar-refractivity contribution is 7.85. The van der Waals surface area contributed by atoms with Gasteiger partial charge in [0.05, 0.1) is 18.0 Å². The summed E-state index contributed by atoms with van der Waals surface area (Å²) in [4.78, 5) is 6.71. The molecule has 0 N–H and O–H groups in total. The molecule has 0 saturated carbocycles. The van der Waals surface area contributed by atoms with Crippen molar-refractivity contribution in [3.8, 4) is 11.8 Å². The molecule has 1 saturated heterocycles. The second-order valence-corrected chi connectivity index (χ2v) is 7.40. The zero-order valence-corrected chi connectivity index (χ0v) is 14.2. The second-order valence-electron chi connectivity index (χ2n) is 5.71. The van der Waals surface area contributed by atoms with Gasteiger partial charge in [-0.3, -0.25) is 13.3 Å². The van der Waals surface area contributed by atoms with Gasteiger partial charge in [0.1, 0.15) is 17.2 Å². The third-order valence-corrected chi connectivity index (χ3v) is 5.33. The van der Waals surface area contributed by atoms with Crippen molar-refractivity contribution in [2.24, 2.45) is 7.05 Å². The number of fused-ring (bicyclic) bond motifs is 1. The Morgan fingerprint density at radius 3 is 2.75 bits per heavy atom. The first-order valence-corrected chi connectivity index (χ1v) is 9.26. The van der Waals surface area contributed by atoms with Crippen LogP contribution in [0.3, 0.4) is 0 Å². The van der Waals surface area contributed by atoms with Crippen LogP contribution >= 0.6 is 0 Å². The van der Waals surface area contributed by atoms with Crippen molar-refractivity contribution >= 4 is 22.3 Å². The van der Waals surface area contributed by atoms with Crippen LogP contribution < -0.4 is 4.90 Å². The second kappa shape index (κ2) is 6.13. The molecule has 3 aromatic heterocycles. The number of hydrogen-bond acceptors (Lipinski definition) is 4. The lowest BCUT2D eigenvalue weighted by Crippen LogP contribution is -2.38. The summed E-state index contributed by atoms with van der Waals surface area (Å²) in [6.45, 7) is 1.58. The van der Waals surface area contributed by atoms with Gasteiger partial charge in [-0.2, -0.15) is 5.10 Å². The molecule has 3 aromatic rings. The lowest BCUT2D eigenvalue weighted by Gasteiger charge is -2.29. The summed E-state index contributed by atoms with van der Waals surface area (Å²) in [7, 11) is 1.18. The first kappa shape index (κ1) is 15.0. The van der Waals surface area contributed by atoms with E-state index in [1.165, 1.54) is 0 Å². The van der Waals surface area contributed by atoms with E-state index in [1.54, 1.807) is 17.1 Å². The van der Waals surface area contributed by atoms with Gasteiger partial charge in [-0.05, 0) is 18.1 Å². The van der Waals surface area contributed by atoms with Crippen molar-refractivity contribution in [2.75, 3.05) is 29.5 Å². The van der Waals surface area contributed by atoms with E-state index in [-0.39, 0.29) is 0 Å². The number of imidazole rings is 1. The minimum atomic E-state index is -0.694. The van der Waals surface area contributed by atoms with Gasteiger partial charge in [0.25, 0.3) is 0 Å². The van der Waals surface area contributed by atoms with E-state index in [0.717, 1.165) is 35.8 Å². The van der Waals surface area contributed by atoms with Crippen molar-refractivity contribution in [2.45, 2.75) is 0 Å².